The van der Waals surface area contributed by atoms with Gasteiger partial charge in [-0.25, -0.2) is 5.06 Å². The summed E-state index contributed by atoms with van der Waals surface area (Å²) in [5.74, 6) is -0.398. The minimum atomic E-state index is -3.66. The van der Waals surface area contributed by atoms with Crippen LogP contribution in [0.5, 0.6) is 0 Å². The van der Waals surface area contributed by atoms with Crippen LogP contribution in [0.4, 0.5) is 0 Å². The largest absolute Gasteiger partial charge is 0.303 e. The third kappa shape index (κ3) is 2.72. The van der Waals surface area contributed by atoms with Gasteiger partial charge < -0.3 is 0 Å². The summed E-state index contributed by atoms with van der Waals surface area (Å²) in [5, 5.41) is 1.07. The van der Waals surface area contributed by atoms with Gasteiger partial charge in [0.1, 0.15) is 0 Å². The Kier molecular flexibility index (Phi) is 4.55. The van der Waals surface area contributed by atoms with E-state index in [0.29, 0.717) is 11.1 Å². The molecule has 1 aromatic carbocycles. The van der Waals surface area contributed by atoms with Gasteiger partial charge in [0, 0.05) is 27.3 Å². The molecule has 1 atom stereocenters. The minimum absolute atomic E-state index is 0.315. The number of carbonyl (C=O) groups excluding carboxylic acids is 1. The predicted octanol–water partition coefficient (Wildman–Crippen LogP) is 0.753. The van der Waals surface area contributed by atoms with E-state index < -0.39 is 22.2 Å². The van der Waals surface area contributed by atoms with E-state index in [1.807, 2.05) is 6.07 Å². The molecule has 0 spiro atoms. The molecule has 0 saturated heterocycles. The third-order valence-electron chi connectivity index (χ3n) is 3.63. The van der Waals surface area contributed by atoms with Gasteiger partial charge in [0.15, 0.2) is 0 Å². The summed E-state index contributed by atoms with van der Waals surface area (Å²) in [6.07, 6.45) is 1.34. The van der Waals surface area contributed by atoms with Gasteiger partial charge in [-0.2, -0.15) is 12.7 Å². The fourth-order valence-electron chi connectivity index (χ4n) is 2.33. The molecule has 0 saturated carbocycles. The Labute approximate surface area is 130 Å². The molecule has 1 aromatic rings. The van der Waals surface area contributed by atoms with Gasteiger partial charge in [-0.15, -0.1) is 0 Å². The Bertz CT molecular complexity index is 687. The van der Waals surface area contributed by atoms with Crippen LogP contribution in [0.3, 0.4) is 0 Å². The number of amides is 1. The summed E-state index contributed by atoms with van der Waals surface area (Å²) >= 11 is 0. The third-order valence-corrected chi connectivity index (χ3v) is 5.40. The fourth-order valence-corrected chi connectivity index (χ4v) is 3.48. The number of hydrogen-bond donors (Lipinski definition) is 0. The maximum absolute atomic E-state index is 12.5. The van der Waals surface area contributed by atoms with Crippen LogP contribution in [-0.4, -0.2) is 56.3 Å². The summed E-state index contributed by atoms with van der Waals surface area (Å²) in [6, 6.07) is 8.31. The van der Waals surface area contributed by atoms with E-state index in [2.05, 4.69) is 0 Å². The Hall–Kier alpha value is -1.90. The molecule has 7 nitrogen and oxygen atoms in total. The molecule has 0 radical (unpaired) electrons. The molecule has 1 amide bonds. The highest BCUT2D eigenvalue weighted by atomic mass is 32.2. The van der Waals surface area contributed by atoms with Gasteiger partial charge in [0.05, 0.1) is 18.7 Å². The summed E-state index contributed by atoms with van der Waals surface area (Å²) in [4.78, 5) is 17.4. The lowest BCUT2D eigenvalue weighted by molar-refractivity contribution is -0.164. The van der Waals surface area contributed by atoms with Crippen molar-refractivity contribution >= 4 is 16.1 Å². The Morgan fingerprint density at radius 2 is 1.82 bits per heavy atom. The lowest BCUT2D eigenvalue weighted by atomic mass is 9.98. The summed E-state index contributed by atoms with van der Waals surface area (Å²) in [5.41, 5.74) is 1.03. The number of hydrogen-bond acceptors (Lipinski definition) is 4. The predicted molar refractivity (Wildman–Crippen MR) is 81.5 cm³/mol. The lowest BCUT2D eigenvalue weighted by Gasteiger charge is -2.37. The minimum Gasteiger partial charge on any atom is -0.274 e. The van der Waals surface area contributed by atoms with E-state index in [9.17, 15) is 13.2 Å². The second-order valence-electron chi connectivity index (χ2n) is 4.92. The number of hydroxylamine groups is 2. The van der Waals surface area contributed by atoms with E-state index in [1.165, 1.54) is 38.8 Å². The maximum Gasteiger partial charge on any atom is 0.303 e. The molecular formula is C14H19N3O4S. The Morgan fingerprint density at radius 1 is 1.23 bits per heavy atom. The first-order chi connectivity index (χ1) is 10.3. The monoisotopic (exact) mass is 325 g/mol. The van der Waals surface area contributed by atoms with Crippen molar-refractivity contribution in [3.63, 3.8) is 0 Å². The van der Waals surface area contributed by atoms with Crippen molar-refractivity contribution in [3.8, 4) is 0 Å². The standard InChI is InChI=1S/C14H19N3O4S/c1-15-10-12(14(18)16(2)21-4)13(17(3)22(15,19)20)11-8-6-5-7-9-11/h5-10,13H,1-4H3. The molecule has 120 valence electrons. The quantitative estimate of drug-likeness (QED) is 0.769. The van der Waals surface area contributed by atoms with Crippen molar-refractivity contribution in [2.45, 2.75) is 6.04 Å². The van der Waals surface area contributed by atoms with E-state index in [4.69, 9.17) is 4.84 Å². The van der Waals surface area contributed by atoms with Crippen molar-refractivity contribution in [1.29, 1.82) is 0 Å². The number of nitrogens with zero attached hydrogens (tertiary/aromatic N) is 3. The van der Waals surface area contributed by atoms with Crippen LogP contribution in [0.2, 0.25) is 0 Å². The summed E-state index contributed by atoms with van der Waals surface area (Å²) < 4.78 is 26.9. The highest BCUT2D eigenvalue weighted by Gasteiger charge is 2.40. The molecule has 0 aliphatic carbocycles. The number of rotatable bonds is 3. The molecule has 0 N–H and O–H groups in total. The first kappa shape index (κ1) is 16.5. The maximum atomic E-state index is 12.5. The van der Waals surface area contributed by atoms with Gasteiger partial charge >= 0.3 is 10.2 Å². The second-order valence-corrected chi connectivity index (χ2v) is 6.97. The van der Waals surface area contributed by atoms with Crippen LogP contribution >= 0.6 is 0 Å². The molecule has 22 heavy (non-hydrogen) atoms. The van der Waals surface area contributed by atoms with Crippen LogP contribution in [-0.2, 0) is 19.8 Å². The molecule has 1 heterocycles. The fraction of sp³-hybridized carbons (Fsp3) is 0.357. The van der Waals surface area contributed by atoms with Gasteiger partial charge in [0.25, 0.3) is 5.91 Å². The van der Waals surface area contributed by atoms with Crippen molar-refractivity contribution in [3.05, 3.63) is 47.7 Å². The molecule has 0 bridgehead atoms. The zero-order chi connectivity index (χ0) is 16.5. The SMILES string of the molecule is CON(C)C(=O)C1=CN(C)S(=O)(=O)N(C)C1c1ccccc1. The van der Waals surface area contributed by atoms with Crippen LogP contribution < -0.4 is 0 Å². The zero-order valence-electron chi connectivity index (χ0n) is 12.9. The Morgan fingerprint density at radius 3 is 2.36 bits per heavy atom. The summed E-state index contributed by atoms with van der Waals surface area (Å²) in [7, 11) is 2.05. The second kappa shape index (κ2) is 6.07. The number of benzene rings is 1. The van der Waals surface area contributed by atoms with Gasteiger partial charge in [-0.1, -0.05) is 30.3 Å². The molecule has 1 unspecified atom stereocenters. The average Bonchev–Trinajstić information content (AvgIpc) is 2.52. The van der Waals surface area contributed by atoms with E-state index in [0.717, 1.165) is 9.37 Å². The molecule has 8 heteroatoms. The van der Waals surface area contributed by atoms with Gasteiger partial charge in [-0.05, 0) is 5.56 Å². The van der Waals surface area contributed by atoms with Crippen LogP contribution in [0, 0.1) is 0 Å². The van der Waals surface area contributed by atoms with Gasteiger partial charge in [0.2, 0.25) is 0 Å². The average molecular weight is 325 g/mol. The first-order valence-corrected chi connectivity index (χ1v) is 8.00. The zero-order valence-corrected chi connectivity index (χ0v) is 13.7. The number of carbonyl (C=O) groups is 1. The van der Waals surface area contributed by atoms with Crippen molar-refractivity contribution in [1.82, 2.24) is 13.7 Å². The molecule has 0 aromatic heterocycles. The molecule has 1 aliphatic rings. The first-order valence-electron chi connectivity index (χ1n) is 6.60. The molecular weight excluding hydrogens is 306 g/mol. The van der Waals surface area contributed by atoms with Crippen LogP contribution in [0.1, 0.15) is 11.6 Å². The van der Waals surface area contributed by atoms with Crippen LogP contribution in [0.15, 0.2) is 42.1 Å². The molecule has 2 rings (SSSR count). The van der Waals surface area contributed by atoms with E-state index in [-0.39, 0.29) is 0 Å². The smallest absolute Gasteiger partial charge is 0.274 e. The van der Waals surface area contributed by atoms with Gasteiger partial charge in [-0.3, -0.25) is 13.9 Å². The van der Waals surface area contributed by atoms with Crippen LogP contribution in [0.25, 0.3) is 0 Å². The topological polar surface area (TPSA) is 70.2 Å². The molecule has 1 aliphatic heterocycles. The normalized spacial score (nSPS) is 21.4. The van der Waals surface area contributed by atoms with Crippen molar-refractivity contribution < 1.29 is 18.0 Å². The lowest BCUT2D eigenvalue weighted by Crippen LogP contribution is -2.46. The van der Waals surface area contributed by atoms with E-state index >= 15 is 0 Å². The highest BCUT2D eigenvalue weighted by Crippen LogP contribution is 2.35. The molecule has 0 fully saturated rings. The van der Waals surface area contributed by atoms with Crippen molar-refractivity contribution in [2.24, 2.45) is 0 Å². The van der Waals surface area contributed by atoms with Crippen molar-refractivity contribution in [2.75, 3.05) is 28.3 Å². The summed E-state index contributed by atoms with van der Waals surface area (Å²) in [6.45, 7) is 0. The highest BCUT2D eigenvalue weighted by molar-refractivity contribution is 7.86. The Balaban J connectivity index is 2.58. The van der Waals surface area contributed by atoms with E-state index in [1.54, 1.807) is 24.3 Å². The number of likely N-dealkylation sites (N-methyl/N-ethyl adjacent to an activating group) is 2.